The van der Waals surface area contributed by atoms with E-state index in [-0.39, 0.29) is 19.3 Å². The SMILES string of the molecule is CCCCS[S][Sn+3].CCCCS[S][Sn+3].O=C([O-])CCCCCCC(CCS)C(=O)[O-].O=C([O-])CCCCCCC(CCS)C(=O)[O-].O=C([O-])CCCCCCC(CCS)C(=O)[O-]. The van der Waals surface area contributed by atoms with Crippen molar-refractivity contribution in [1.82, 2.24) is 0 Å². The van der Waals surface area contributed by atoms with E-state index in [1.807, 2.05) is 37.5 Å². The van der Waals surface area contributed by atoms with Crippen LogP contribution in [0.2, 0.25) is 0 Å². The Labute approximate surface area is 429 Å². The molecule has 0 radical (unpaired) electrons. The van der Waals surface area contributed by atoms with E-state index in [0.29, 0.717) is 75.0 Å². The van der Waals surface area contributed by atoms with Crippen LogP contribution in [-0.4, -0.2) is 107 Å². The molecule has 0 rings (SSSR count). The van der Waals surface area contributed by atoms with Crippen LogP contribution in [0.4, 0.5) is 0 Å². The Kier molecular flexibility index (Phi) is 69.4. The minimum absolute atomic E-state index is 0.0839. The van der Waals surface area contributed by atoms with E-state index in [2.05, 4.69) is 51.7 Å². The van der Waals surface area contributed by atoms with Crippen LogP contribution in [0.1, 0.15) is 174 Å². The van der Waals surface area contributed by atoms with Crippen LogP contribution in [0.25, 0.3) is 0 Å². The van der Waals surface area contributed by atoms with Gasteiger partial charge >= 0.3 is 131 Å². The number of hydrogen-bond acceptors (Lipinski definition) is 19. The van der Waals surface area contributed by atoms with Gasteiger partial charge in [0.2, 0.25) is 0 Å². The van der Waals surface area contributed by atoms with Gasteiger partial charge in [-0.2, -0.15) is 37.9 Å². The number of aliphatic carboxylic acids is 6. The maximum Gasteiger partial charge on any atom is 0.0445 e. The molecule has 0 aliphatic heterocycles. The minimum Gasteiger partial charge on any atom is -0.550 e. The zero-order chi connectivity index (χ0) is 48.2. The Balaban J connectivity index is -0.000000227. The summed E-state index contributed by atoms with van der Waals surface area (Å²) >= 11 is 15.1. The van der Waals surface area contributed by atoms with Gasteiger partial charge in [0.05, 0.1) is 0 Å². The number of thiol groups is 3. The van der Waals surface area contributed by atoms with Crippen molar-refractivity contribution in [2.75, 3.05) is 28.8 Å². The monoisotopic (exact) mass is 1220 g/mol. The average Bonchev–Trinajstić information content (AvgIpc) is 3.21. The van der Waals surface area contributed by atoms with Crippen molar-refractivity contribution in [3.05, 3.63) is 0 Å². The third-order valence-electron chi connectivity index (χ3n) is 8.76. The summed E-state index contributed by atoms with van der Waals surface area (Å²) < 4.78 is 0. The summed E-state index contributed by atoms with van der Waals surface area (Å²) in [5, 5.41) is 62.3. The van der Waals surface area contributed by atoms with Crippen LogP contribution >= 0.6 is 75.4 Å². The molecule has 3 atom stereocenters. The Bertz CT molecular complexity index is 929. The van der Waals surface area contributed by atoms with E-state index in [4.69, 9.17) is 0 Å². The first kappa shape index (κ1) is 71.9. The Morgan fingerprint density at radius 1 is 0.403 bits per heavy atom. The number of carboxylic acids is 6. The molecule has 62 heavy (non-hydrogen) atoms. The van der Waals surface area contributed by atoms with Crippen LogP contribution < -0.4 is 30.6 Å². The molecule has 0 heterocycles. The molecule has 0 aliphatic rings. The summed E-state index contributed by atoms with van der Waals surface area (Å²) in [4.78, 5) is 62.3. The van der Waals surface area contributed by atoms with E-state index >= 15 is 0 Å². The second-order valence-electron chi connectivity index (χ2n) is 14.1. The molecule has 0 bridgehead atoms. The molecule has 0 saturated heterocycles. The van der Waals surface area contributed by atoms with Crippen LogP contribution in [0.3, 0.4) is 0 Å². The van der Waals surface area contributed by atoms with Crippen LogP contribution in [-0.2, 0) is 28.8 Å². The van der Waals surface area contributed by atoms with Gasteiger partial charge in [-0.1, -0.05) is 57.8 Å². The third-order valence-corrected chi connectivity index (χ3v) is 18.4. The molecule has 0 aromatic heterocycles. The number of hydrogen-bond donors (Lipinski definition) is 3. The van der Waals surface area contributed by atoms with Crippen molar-refractivity contribution >= 4 is 154 Å². The first-order valence-corrected chi connectivity index (χ1v) is 35.0. The van der Waals surface area contributed by atoms with E-state index < -0.39 is 53.6 Å². The Hall–Kier alpha value is 0.867. The predicted molar refractivity (Wildman–Crippen MR) is 260 cm³/mol. The Morgan fingerprint density at radius 3 is 0.823 bits per heavy atom. The van der Waals surface area contributed by atoms with Crippen molar-refractivity contribution in [3.8, 4) is 0 Å². The second-order valence-corrected chi connectivity index (χ2v) is 28.0. The molecule has 0 saturated carbocycles. The topological polar surface area (TPSA) is 241 Å². The molecule has 3 unspecified atom stereocenters. The largest absolute Gasteiger partial charge is 0.550 e. The van der Waals surface area contributed by atoms with E-state index in [0.717, 1.165) is 57.8 Å². The summed E-state index contributed by atoms with van der Waals surface area (Å²) in [5.74, 6) is -3.05. The summed E-state index contributed by atoms with van der Waals surface area (Å²) in [6.45, 7) is 4.46. The molecular formula is C41H72O12S7Sn2. The zero-order valence-corrected chi connectivity index (χ0v) is 48.5. The molecule has 12 nitrogen and oxygen atoms in total. The van der Waals surface area contributed by atoms with Gasteiger partial charge < -0.3 is 59.4 Å². The van der Waals surface area contributed by atoms with E-state index in [1.165, 1.54) is 37.2 Å². The molecule has 0 amide bonds. The maximum absolute atomic E-state index is 10.7. The molecular weight excluding hydrogens is 1150 g/mol. The maximum atomic E-state index is 10.7. The minimum atomic E-state index is -1.03. The Morgan fingerprint density at radius 2 is 0.645 bits per heavy atom. The van der Waals surface area contributed by atoms with Gasteiger partial charge in [-0.15, -0.1) is 0 Å². The van der Waals surface area contributed by atoms with Crippen LogP contribution in [0.15, 0.2) is 0 Å². The summed E-state index contributed by atoms with van der Waals surface area (Å²) in [7, 11) is 7.88. The fourth-order valence-electron chi connectivity index (χ4n) is 5.14. The fourth-order valence-corrected chi connectivity index (χ4v) is 12.5. The van der Waals surface area contributed by atoms with Gasteiger partial charge in [0.1, 0.15) is 0 Å². The van der Waals surface area contributed by atoms with Crippen molar-refractivity contribution < 1.29 is 59.4 Å². The molecule has 0 aliphatic carbocycles. The van der Waals surface area contributed by atoms with Crippen molar-refractivity contribution in [1.29, 1.82) is 0 Å². The molecule has 0 aromatic rings. The standard InChI is InChI=1S/3C11H20O4S.2C4H10S2.2Sn/c3*12-10(13)6-4-2-1-3-5-9(7-8-16)11(14)15;2*1-2-3-4-6-5;;/h3*9,16H,1-8H2,(H,12,13)(H,14,15);2*5H,2-4H2,1H3;;/q;;;;;2*+4/p-8. The number of unbranched alkanes of at least 4 members (excludes halogenated alkanes) is 11. The van der Waals surface area contributed by atoms with E-state index in [1.54, 1.807) is 42.3 Å². The number of carbonyl (C=O) groups excluding carboxylic acids is 6. The smallest absolute Gasteiger partial charge is 0.0445 e. The zero-order valence-electron chi connectivity index (χ0n) is 36.8. The first-order valence-electron chi connectivity index (χ1n) is 21.5. The average molecular weight is 1220 g/mol. The van der Waals surface area contributed by atoms with Gasteiger partial charge in [0.15, 0.2) is 0 Å². The van der Waals surface area contributed by atoms with Gasteiger partial charge in [0.25, 0.3) is 0 Å². The predicted octanol–water partition coefficient (Wildman–Crippen LogP) is 3.79. The molecule has 0 aromatic carbocycles. The molecule has 0 spiro atoms. The van der Waals surface area contributed by atoms with Crippen molar-refractivity contribution in [3.63, 3.8) is 0 Å². The van der Waals surface area contributed by atoms with Gasteiger partial charge in [-0.05, 0) is 112 Å². The number of rotatable bonds is 38. The number of carbonyl (C=O) groups is 6. The summed E-state index contributed by atoms with van der Waals surface area (Å²) in [5.41, 5.74) is 0. The van der Waals surface area contributed by atoms with E-state index in [9.17, 15) is 59.4 Å². The number of carboxylic acid groups (broad SMARTS) is 6. The summed E-state index contributed by atoms with van der Waals surface area (Å²) in [6, 6.07) is 0. The van der Waals surface area contributed by atoms with Crippen molar-refractivity contribution in [2.24, 2.45) is 17.8 Å². The third kappa shape index (κ3) is 67.5. The van der Waals surface area contributed by atoms with Gasteiger partial charge in [0, 0.05) is 35.8 Å². The van der Waals surface area contributed by atoms with Crippen LogP contribution in [0, 0.1) is 17.8 Å². The molecule has 358 valence electrons. The first-order chi connectivity index (χ1) is 29.6. The summed E-state index contributed by atoms with van der Waals surface area (Å²) in [6.07, 6.45) is 18.2. The van der Waals surface area contributed by atoms with Crippen molar-refractivity contribution in [2.45, 2.75) is 174 Å². The van der Waals surface area contributed by atoms with Gasteiger partial charge in [-0.3, -0.25) is 0 Å². The fraction of sp³-hybridized carbons (Fsp3) is 0.854. The normalized spacial score (nSPS) is 11.7. The quantitative estimate of drug-likeness (QED) is 0.0345. The second kappa shape index (κ2) is 59.9. The molecule has 0 fully saturated rings. The van der Waals surface area contributed by atoms with Gasteiger partial charge in [-0.25, -0.2) is 0 Å². The molecule has 21 heteroatoms. The van der Waals surface area contributed by atoms with Crippen LogP contribution in [0.5, 0.6) is 0 Å². The molecule has 0 N–H and O–H groups in total.